The molecule has 0 aliphatic heterocycles. The maximum Gasteiger partial charge on any atom is 0.315 e. The molecule has 0 saturated heterocycles. The molecule has 0 atom stereocenters. The maximum atomic E-state index is 11.9. The number of aliphatic carboxylic acids is 1. The average Bonchev–Trinajstić information content (AvgIpc) is 2.95. The van der Waals surface area contributed by atoms with Crippen LogP contribution >= 0.6 is 0 Å². The summed E-state index contributed by atoms with van der Waals surface area (Å²) in [5.41, 5.74) is -0.638. The molecule has 0 unspecified atom stereocenters. The molecular weight excluding hydrogens is 264 g/mol. The van der Waals surface area contributed by atoms with Crippen LogP contribution in [0.15, 0.2) is 4.52 Å². The van der Waals surface area contributed by atoms with E-state index in [2.05, 4.69) is 20.8 Å². The maximum absolute atomic E-state index is 11.9. The minimum absolute atomic E-state index is 0.0555. The normalized spacial score (nSPS) is 16.9. The Kier molecular flexibility index (Phi) is 4.21. The van der Waals surface area contributed by atoms with Gasteiger partial charge < -0.3 is 20.3 Å². The minimum Gasteiger partial charge on any atom is -0.481 e. The number of nitrogens with zero attached hydrogens (tertiary/aromatic N) is 2. The predicted molar refractivity (Wildman–Crippen MR) is 67.9 cm³/mol. The van der Waals surface area contributed by atoms with E-state index in [0.717, 1.165) is 12.8 Å². The van der Waals surface area contributed by atoms with Crippen molar-refractivity contribution in [2.24, 2.45) is 0 Å². The number of aryl methyl sites for hydroxylation is 1. The van der Waals surface area contributed by atoms with Gasteiger partial charge in [-0.05, 0) is 19.8 Å². The quantitative estimate of drug-likeness (QED) is 0.740. The van der Waals surface area contributed by atoms with Gasteiger partial charge in [-0.1, -0.05) is 18.0 Å². The highest BCUT2D eigenvalue weighted by Crippen LogP contribution is 2.32. The molecule has 0 radical (unpaired) electrons. The number of nitrogens with one attached hydrogen (secondary N) is 2. The van der Waals surface area contributed by atoms with Crippen molar-refractivity contribution in [1.29, 1.82) is 0 Å². The molecule has 1 fully saturated rings. The first kappa shape index (κ1) is 14.3. The molecule has 1 heterocycles. The lowest BCUT2D eigenvalue weighted by atomic mass is 9.93. The molecule has 110 valence electrons. The fourth-order valence-electron chi connectivity index (χ4n) is 2.54. The molecular formula is C12H18N4O4. The van der Waals surface area contributed by atoms with E-state index >= 15 is 0 Å². The van der Waals surface area contributed by atoms with Gasteiger partial charge in [-0.3, -0.25) is 4.79 Å². The first-order chi connectivity index (χ1) is 9.49. The lowest BCUT2D eigenvalue weighted by Crippen LogP contribution is -2.51. The zero-order chi connectivity index (χ0) is 14.6. The first-order valence-corrected chi connectivity index (χ1v) is 6.56. The lowest BCUT2D eigenvalue weighted by molar-refractivity contribution is -0.138. The van der Waals surface area contributed by atoms with Crippen molar-refractivity contribution in [2.45, 2.75) is 51.1 Å². The van der Waals surface area contributed by atoms with E-state index in [9.17, 15) is 9.59 Å². The SMILES string of the molecule is Cc1noc(CNC(=O)NC2(CC(=O)O)CCCC2)n1. The van der Waals surface area contributed by atoms with Crippen molar-refractivity contribution >= 4 is 12.0 Å². The molecule has 1 aromatic rings. The Bertz CT molecular complexity index is 493. The van der Waals surface area contributed by atoms with E-state index in [-0.39, 0.29) is 13.0 Å². The van der Waals surface area contributed by atoms with E-state index < -0.39 is 17.5 Å². The fourth-order valence-corrected chi connectivity index (χ4v) is 2.54. The molecule has 2 amide bonds. The van der Waals surface area contributed by atoms with Crippen LogP contribution in [0.5, 0.6) is 0 Å². The highest BCUT2D eigenvalue weighted by Gasteiger charge is 2.37. The molecule has 1 aliphatic rings. The Morgan fingerprint density at radius 3 is 2.65 bits per heavy atom. The Morgan fingerprint density at radius 1 is 1.40 bits per heavy atom. The highest BCUT2D eigenvalue weighted by atomic mass is 16.5. The van der Waals surface area contributed by atoms with Crippen LogP contribution in [0.2, 0.25) is 0 Å². The third kappa shape index (κ3) is 3.69. The van der Waals surface area contributed by atoms with Crippen LogP contribution in [0, 0.1) is 6.92 Å². The van der Waals surface area contributed by atoms with E-state index in [4.69, 9.17) is 9.63 Å². The monoisotopic (exact) mass is 282 g/mol. The fraction of sp³-hybridized carbons (Fsp3) is 0.667. The van der Waals surface area contributed by atoms with Gasteiger partial charge >= 0.3 is 12.0 Å². The first-order valence-electron chi connectivity index (χ1n) is 6.56. The van der Waals surface area contributed by atoms with Crippen molar-refractivity contribution in [3.8, 4) is 0 Å². The van der Waals surface area contributed by atoms with Crippen molar-refractivity contribution in [3.05, 3.63) is 11.7 Å². The summed E-state index contributed by atoms with van der Waals surface area (Å²) in [5, 5.41) is 18.0. The summed E-state index contributed by atoms with van der Waals surface area (Å²) in [4.78, 5) is 26.7. The van der Waals surface area contributed by atoms with Crippen LogP contribution in [-0.4, -0.2) is 32.8 Å². The minimum atomic E-state index is -0.903. The standard InChI is InChI=1S/C12H18N4O4/c1-8-14-9(20-16-8)7-13-11(19)15-12(6-10(17)18)4-2-3-5-12/h2-7H2,1H3,(H,17,18)(H2,13,15,19). The second-order valence-corrected chi connectivity index (χ2v) is 5.10. The largest absolute Gasteiger partial charge is 0.481 e. The van der Waals surface area contributed by atoms with Gasteiger partial charge in [0.25, 0.3) is 0 Å². The molecule has 0 bridgehead atoms. The van der Waals surface area contributed by atoms with Gasteiger partial charge in [-0.15, -0.1) is 0 Å². The number of hydrogen-bond acceptors (Lipinski definition) is 5. The van der Waals surface area contributed by atoms with E-state index in [1.54, 1.807) is 6.92 Å². The van der Waals surface area contributed by atoms with Gasteiger partial charge in [-0.25, -0.2) is 4.79 Å². The molecule has 8 nitrogen and oxygen atoms in total. The van der Waals surface area contributed by atoms with Crippen molar-refractivity contribution in [1.82, 2.24) is 20.8 Å². The number of aromatic nitrogens is 2. The molecule has 20 heavy (non-hydrogen) atoms. The van der Waals surface area contributed by atoms with Crippen molar-refractivity contribution in [3.63, 3.8) is 0 Å². The summed E-state index contributed by atoms with van der Waals surface area (Å²) < 4.78 is 4.88. The van der Waals surface area contributed by atoms with Crippen LogP contribution < -0.4 is 10.6 Å². The highest BCUT2D eigenvalue weighted by molar-refractivity contribution is 5.76. The third-order valence-electron chi connectivity index (χ3n) is 3.40. The Morgan fingerprint density at radius 2 is 2.10 bits per heavy atom. The summed E-state index contributed by atoms with van der Waals surface area (Å²) in [7, 11) is 0. The van der Waals surface area contributed by atoms with Gasteiger partial charge in [0.2, 0.25) is 5.89 Å². The second-order valence-electron chi connectivity index (χ2n) is 5.10. The van der Waals surface area contributed by atoms with Crippen LogP contribution in [-0.2, 0) is 11.3 Å². The number of rotatable bonds is 5. The molecule has 8 heteroatoms. The number of carbonyl (C=O) groups excluding carboxylic acids is 1. The molecule has 2 rings (SSSR count). The van der Waals surface area contributed by atoms with E-state index in [1.807, 2.05) is 0 Å². The smallest absolute Gasteiger partial charge is 0.315 e. The number of carboxylic acids is 1. The summed E-state index contributed by atoms with van der Waals surface area (Å²) in [6.07, 6.45) is 3.17. The zero-order valence-electron chi connectivity index (χ0n) is 11.3. The lowest BCUT2D eigenvalue weighted by Gasteiger charge is -2.28. The Hall–Kier alpha value is -2.12. The summed E-state index contributed by atoms with van der Waals surface area (Å²) >= 11 is 0. The van der Waals surface area contributed by atoms with Gasteiger partial charge in [-0.2, -0.15) is 4.98 Å². The van der Waals surface area contributed by atoms with E-state index in [0.29, 0.717) is 24.6 Å². The number of carboxylic acid groups (broad SMARTS) is 1. The molecule has 1 saturated carbocycles. The molecule has 0 spiro atoms. The average molecular weight is 282 g/mol. The topological polar surface area (TPSA) is 117 Å². The molecule has 1 aromatic heterocycles. The molecule has 0 aromatic carbocycles. The van der Waals surface area contributed by atoms with Crippen LogP contribution in [0.4, 0.5) is 4.79 Å². The van der Waals surface area contributed by atoms with Crippen LogP contribution in [0.3, 0.4) is 0 Å². The second kappa shape index (κ2) is 5.89. The number of carbonyl (C=O) groups is 2. The van der Waals surface area contributed by atoms with Crippen molar-refractivity contribution < 1.29 is 19.2 Å². The van der Waals surface area contributed by atoms with Gasteiger partial charge in [0, 0.05) is 0 Å². The predicted octanol–water partition coefficient (Wildman–Crippen LogP) is 0.965. The summed E-state index contributed by atoms with van der Waals surface area (Å²) in [6.45, 7) is 1.81. The zero-order valence-corrected chi connectivity index (χ0v) is 11.3. The molecule has 3 N–H and O–H groups in total. The Labute approximate surface area is 115 Å². The van der Waals surface area contributed by atoms with Crippen LogP contribution in [0.1, 0.15) is 43.8 Å². The third-order valence-corrected chi connectivity index (χ3v) is 3.40. The number of urea groups is 1. The summed E-state index contributed by atoms with van der Waals surface area (Å²) in [6, 6.07) is -0.413. The van der Waals surface area contributed by atoms with Gasteiger partial charge in [0.05, 0.1) is 18.5 Å². The van der Waals surface area contributed by atoms with Gasteiger partial charge in [0.1, 0.15) is 0 Å². The van der Waals surface area contributed by atoms with Gasteiger partial charge in [0.15, 0.2) is 5.82 Å². The molecule has 1 aliphatic carbocycles. The summed E-state index contributed by atoms with van der Waals surface area (Å²) in [5.74, 6) is -0.0866. The van der Waals surface area contributed by atoms with Crippen molar-refractivity contribution in [2.75, 3.05) is 0 Å². The number of amides is 2. The number of hydrogen-bond donors (Lipinski definition) is 3. The Balaban J connectivity index is 1.87. The van der Waals surface area contributed by atoms with E-state index in [1.165, 1.54) is 0 Å². The van der Waals surface area contributed by atoms with Crippen LogP contribution in [0.25, 0.3) is 0 Å².